The third-order valence-corrected chi connectivity index (χ3v) is 4.84. The number of carbonyl (C=O) groups is 2. The Kier molecular flexibility index (Phi) is 6.32. The lowest BCUT2D eigenvalue weighted by Crippen LogP contribution is -2.30. The highest BCUT2D eigenvalue weighted by atomic mass is 16.5. The van der Waals surface area contributed by atoms with Crippen molar-refractivity contribution in [2.75, 3.05) is 11.9 Å². The van der Waals surface area contributed by atoms with E-state index in [1.54, 1.807) is 30.3 Å². The van der Waals surface area contributed by atoms with Gasteiger partial charge in [-0.05, 0) is 66.4 Å². The van der Waals surface area contributed by atoms with E-state index < -0.39 is 5.91 Å². The van der Waals surface area contributed by atoms with Crippen molar-refractivity contribution in [3.63, 3.8) is 0 Å². The number of ether oxygens (including phenoxy) is 1. The van der Waals surface area contributed by atoms with E-state index in [-0.39, 0.29) is 11.6 Å². The molecule has 160 valence electrons. The summed E-state index contributed by atoms with van der Waals surface area (Å²) in [5, 5.41) is 6.66. The maximum Gasteiger partial charge on any atom is 0.272 e. The molecule has 0 spiro atoms. The molecule has 3 N–H and O–H groups in total. The van der Waals surface area contributed by atoms with Crippen LogP contribution in [0.4, 0.5) is 5.69 Å². The largest absolute Gasteiger partial charge is 0.494 e. The molecule has 32 heavy (non-hydrogen) atoms. The first-order valence-corrected chi connectivity index (χ1v) is 10.3. The van der Waals surface area contributed by atoms with Gasteiger partial charge in [-0.1, -0.05) is 36.4 Å². The van der Waals surface area contributed by atoms with E-state index in [4.69, 9.17) is 4.74 Å². The monoisotopic (exact) mass is 425 g/mol. The molecular weight excluding hydrogens is 402 g/mol. The zero-order valence-corrected chi connectivity index (χ0v) is 17.6. The molecule has 0 radical (unpaired) electrons. The number of carbonyl (C=O) groups excluding carboxylic acids is 2. The van der Waals surface area contributed by atoms with Crippen LogP contribution >= 0.6 is 0 Å². The number of rotatable bonds is 7. The summed E-state index contributed by atoms with van der Waals surface area (Å²) in [5.41, 5.74) is 2.89. The van der Waals surface area contributed by atoms with E-state index in [0.717, 1.165) is 22.2 Å². The summed E-state index contributed by atoms with van der Waals surface area (Å²) < 4.78 is 5.47. The van der Waals surface area contributed by atoms with Gasteiger partial charge in [-0.2, -0.15) is 0 Å². The Morgan fingerprint density at radius 2 is 1.75 bits per heavy atom. The maximum absolute atomic E-state index is 13.1. The molecule has 0 bridgehead atoms. The Morgan fingerprint density at radius 1 is 0.969 bits per heavy atom. The first-order valence-electron chi connectivity index (χ1n) is 10.3. The van der Waals surface area contributed by atoms with Gasteiger partial charge in [0.2, 0.25) is 0 Å². The van der Waals surface area contributed by atoms with Gasteiger partial charge in [0.05, 0.1) is 6.61 Å². The SMILES string of the molecule is CCOc1ccc(/C=C(/NC(=O)c2ccccc2)C(=O)Nc2ccc3cc[nH]c3c2)cc1. The molecule has 0 aliphatic carbocycles. The molecule has 0 saturated heterocycles. The highest BCUT2D eigenvalue weighted by Gasteiger charge is 2.15. The second-order valence-corrected chi connectivity index (χ2v) is 7.11. The van der Waals surface area contributed by atoms with Crippen LogP contribution in [0.15, 0.2) is 90.8 Å². The maximum atomic E-state index is 13.1. The van der Waals surface area contributed by atoms with E-state index in [1.165, 1.54) is 0 Å². The highest BCUT2D eigenvalue weighted by molar-refractivity contribution is 6.11. The smallest absolute Gasteiger partial charge is 0.272 e. The quantitative estimate of drug-likeness (QED) is 0.365. The summed E-state index contributed by atoms with van der Waals surface area (Å²) in [6, 6.07) is 23.6. The predicted octanol–water partition coefficient (Wildman–Crippen LogP) is 4.98. The number of hydrogen-bond acceptors (Lipinski definition) is 3. The molecule has 2 amide bonds. The topological polar surface area (TPSA) is 83.2 Å². The summed E-state index contributed by atoms with van der Waals surface area (Å²) in [7, 11) is 0. The minimum absolute atomic E-state index is 0.134. The summed E-state index contributed by atoms with van der Waals surface area (Å²) >= 11 is 0. The Balaban J connectivity index is 1.60. The van der Waals surface area contributed by atoms with Gasteiger partial charge in [-0.15, -0.1) is 0 Å². The van der Waals surface area contributed by atoms with Crippen molar-refractivity contribution >= 4 is 34.5 Å². The average Bonchev–Trinajstić information content (AvgIpc) is 3.28. The van der Waals surface area contributed by atoms with Gasteiger partial charge in [-0.25, -0.2) is 0 Å². The molecule has 0 aliphatic rings. The summed E-state index contributed by atoms with van der Waals surface area (Å²) in [6.07, 6.45) is 3.48. The second-order valence-electron chi connectivity index (χ2n) is 7.11. The van der Waals surface area contributed by atoms with Crippen LogP contribution in [0.2, 0.25) is 0 Å². The van der Waals surface area contributed by atoms with Crippen LogP contribution in [0.3, 0.4) is 0 Å². The second kappa shape index (κ2) is 9.66. The van der Waals surface area contributed by atoms with E-state index in [0.29, 0.717) is 17.9 Å². The zero-order valence-electron chi connectivity index (χ0n) is 17.6. The third-order valence-electron chi connectivity index (χ3n) is 4.84. The number of aromatic nitrogens is 1. The number of amides is 2. The number of benzene rings is 3. The van der Waals surface area contributed by atoms with Crippen LogP contribution in [-0.4, -0.2) is 23.4 Å². The normalized spacial score (nSPS) is 11.2. The zero-order chi connectivity index (χ0) is 22.3. The van der Waals surface area contributed by atoms with Gasteiger partial charge in [0, 0.05) is 23.0 Å². The van der Waals surface area contributed by atoms with Crippen LogP contribution in [-0.2, 0) is 4.79 Å². The Labute approximate surface area is 185 Å². The number of aromatic amines is 1. The lowest BCUT2D eigenvalue weighted by atomic mass is 10.1. The summed E-state index contributed by atoms with van der Waals surface area (Å²) in [4.78, 5) is 28.9. The first kappa shape index (κ1) is 20.9. The Hall–Kier alpha value is -4.32. The number of fused-ring (bicyclic) bond motifs is 1. The molecule has 6 nitrogen and oxygen atoms in total. The predicted molar refractivity (Wildman–Crippen MR) is 126 cm³/mol. The number of H-pyrrole nitrogens is 1. The number of anilines is 1. The van der Waals surface area contributed by atoms with Gasteiger partial charge in [-0.3, -0.25) is 9.59 Å². The summed E-state index contributed by atoms with van der Waals surface area (Å²) in [5.74, 6) is -0.0462. The molecule has 0 saturated carbocycles. The molecule has 3 aromatic carbocycles. The molecule has 6 heteroatoms. The molecule has 4 rings (SSSR count). The molecule has 1 aromatic heterocycles. The van der Waals surface area contributed by atoms with Crippen LogP contribution in [0, 0.1) is 0 Å². The van der Waals surface area contributed by atoms with Crippen molar-refractivity contribution in [2.24, 2.45) is 0 Å². The lowest BCUT2D eigenvalue weighted by Gasteiger charge is -2.12. The minimum Gasteiger partial charge on any atom is -0.494 e. The standard InChI is InChI=1S/C26H23N3O3/c1-2-32-22-12-8-18(9-13-22)16-24(29-25(30)20-6-4-3-5-7-20)26(31)28-21-11-10-19-14-15-27-23(19)17-21/h3-17,27H,2H2,1H3,(H,28,31)(H,29,30)/b24-16+. The molecule has 0 aliphatic heterocycles. The number of hydrogen-bond donors (Lipinski definition) is 3. The highest BCUT2D eigenvalue weighted by Crippen LogP contribution is 2.19. The van der Waals surface area contributed by atoms with E-state index in [2.05, 4.69) is 15.6 Å². The van der Waals surface area contributed by atoms with Gasteiger partial charge in [0.15, 0.2) is 0 Å². The van der Waals surface area contributed by atoms with Crippen LogP contribution in [0.1, 0.15) is 22.8 Å². The molecule has 4 aromatic rings. The minimum atomic E-state index is -0.422. The fourth-order valence-corrected chi connectivity index (χ4v) is 3.26. The molecule has 0 fully saturated rings. The van der Waals surface area contributed by atoms with Crippen molar-refractivity contribution in [2.45, 2.75) is 6.92 Å². The Bertz CT molecular complexity index is 1260. The van der Waals surface area contributed by atoms with E-state index in [9.17, 15) is 9.59 Å². The van der Waals surface area contributed by atoms with Crippen LogP contribution in [0.25, 0.3) is 17.0 Å². The van der Waals surface area contributed by atoms with Crippen molar-refractivity contribution < 1.29 is 14.3 Å². The van der Waals surface area contributed by atoms with Crippen molar-refractivity contribution in [1.82, 2.24) is 10.3 Å². The molecule has 1 heterocycles. The van der Waals surface area contributed by atoms with Crippen molar-refractivity contribution in [1.29, 1.82) is 0 Å². The lowest BCUT2D eigenvalue weighted by molar-refractivity contribution is -0.113. The fraction of sp³-hybridized carbons (Fsp3) is 0.0769. The van der Waals surface area contributed by atoms with Gasteiger partial charge in [0.25, 0.3) is 11.8 Å². The average molecular weight is 425 g/mol. The molecule has 0 atom stereocenters. The van der Waals surface area contributed by atoms with Crippen molar-refractivity contribution in [3.05, 3.63) is 102 Å². The van der Waals surface area contributed by atoms with Gasteiger partial charge >= 0.3 is 0 Å². The fourth-order valence-electron chi connectivity index (χ4n) is 3.26. The molecular formula is C26H23N3O3. The third kappa shape index (κ3) is 5.05. The van der Waals surface area contributed by atoms with E-state index >= 15 is 0 Å². The van der Waals surface area contributed by atoms with Crippen molar-refractivity contribution in [3.8, 4) is 5.75 Å². The van der Waals surface area contributed by atoms with Crippen LogP contribution < -0.4 is 15.4 Å². The summed E-state index contributed by atoms with van der Waals surface area (Å²) in [6.45, 7) is 2.49. The Morgan fingerprint density at radius 3 is 2.50 bits per heavy atom. The van der Waals surface area contributed by atoms with Gasteiger partial charge in [0.1, 0.15) is 11.4 Å². The number of nitrogens with one attached hydrogen (secondary N) is 3. The first-order chi connectivity index (χ1) is 15.6. The van der Waals surface area contributed by atoms with E-state index in [1.807, 2.05) is 67.7 Å². The van der Waals surface area contributed by atoms with Gasteiger partial charge < -0.3 is 20.4 Å². The molecule has 0 unspecified atom stereocenters. The van der Waals surface area contributed by atoms with Crippen LogP contribution in [0.5, 0.6) is 5.75 Å².